The summed E-state index contributed by atoms with van der Waals surface area (Å²) < 4.78 is 5.19. The van der Waals surface area contributed by atoms with Gasteiger partial charge in [-0.1, -0.05) is 11.2 Å². The van der Waals surface area contributed by atoms with Crippen molar-refractivity contribution in [1.29, 1.82) is 0 Å². The Morgan fingerprint density at radius 3 is 2.88 bits per heavy atom. The third-order valence-electron chi connectivity index (χ3n) is 2.56. The Hall–Kier alpha value is -1.75. The van der Waals surface area contributed by atoms with Gasteiger partial charge >= 0.3 is 0 Å². The van der Waals surface area contributed by atoms with Crippen LogP contribution in [0.4, 0.5) is 0 Å². The predicted molar refractivity (Wildman–Crippen MR) is 64.5 cm³/mol. The third kappa shape index (κ3) is 2.88. The molecule has 0 amide bonds. The van der Waals surface area contributed by atoms with Crippen LogP contribution in [0.1, 0.15) is 18.5 Å². The van der Waals surface area contributed by atoms with Crippen molar-refractivity contribution in [3.63, 3.8) is 0 Å². The second-order valence-electron chi connectivity index (χ2n) is 4.07. The Morgan fingerprint density at radius 1 is 1.35 bits per heavy atom. The number of nitrogens with one attached hydrogen (secondary N) is 1. The van der Waals surface area contributed by atoms with Crippen LogP contribution in [0, 0.1) is 6.92 Å². The molecule has 0 fully saturated rings. The summed E-state index contributed by atoms with van der Waals surface area (Å²) in [5.74, 6) is 1.18. The number of likely N-dealkylation sites (N-methyl/N-ethyl adjacent to an activating group) is 1. The Balaban J connectivity index is 2.18. The molecule has 90 valence electrons. The minimum atomic E-state index is 0.314. The number of nitrogens with zero attached hydrogens (tertiary/aromatic N) is 3. The minimum absolute atomic E-state index is 0.314. The lowest BCUT2D eigenvalue weighted by atomic mass is 10.2. The van der Waals surface area contributed by atoms with Crippen molar-refractivity contribution >= 4 is 0 Å². The zero-order valence-corrected chi connectivity index (χ0v) is 10.3. The van der Waals surface area contributed by atoms with Crippen LogP contribution in [-0.2, 0) is 6.42 Å². The van der Waals surface area contributed by atoms with Crippen LogP contribution in [0.5, 0.6) is 0 Å². The van der Waals surface area contributed by atoms with Gasteiger partial charge in [0.25, 0.3) is 0 Å². The van der Waals surface area contributed by atoms with Crippen molar-refractivity contribution in [2.75, 3.05) is 7.05 Å². The number of pyridine rings is 1. The van der Waals surface area contributed by atoms with Crippen LogP contribution in [0.15, 0.2) is 22.7 Å². The lowest BCUT2D eigenvalue weighted by molar-refractivity contribution is 0.365. The predicted octanol–water partition coefficient (Wildman–Crippen LogP) is 1.59. The van der Waals surface area contributed by atoms with E-state index in [1.807, 2.05) is 32.2 Å². The maximum absolute atomic E-state index is 5.19. The maximum Gasteiger partial charge on any atom is 0.228 e. The number of hydrogen-bond donors (Lipinski definition) is 1. The van der Waals surface area contributed by atoms with Crippen molar-refractivity contribution in [3.05, 3.63) is 29.8 Å². The van der Waals surface area contributed by atoms with E-state index in [2.05, 4.69) is 27.4 Å². The summed E-state index contributed by atoms with van der Waals surface area (Å²) in [6.45, 7) is 4.00. The highest BCUT2D eigenvalue weighted by atomic mass is 16.5. The fourth-order valence-electron chi connectivity index (χ4n) is 1.47. The SMILES string of the molecule is CNC(C)Cc1nc(-c2cccc(C)n2)no1. The standard InChI is InChI=1S/C12H16N4O/c1-8-5-4-6-10(14-8)12-15-11(17-16-12)7-9(2)13-3/h4-6,9,13H,7H2,1-3H3. The summed E-state index contributed by atoms with van der Waals surface area (Å²) in [4.78, 5) is 8.68. The molecule has 0 saturated carbocycles. The van der Waals surface area contributed by atoms with Crippen molar-refractivity contribution in [2.24, 2.45) is 0 Å². The number of rotatable bonds is 4. The molecular weight excluding hydrogens is 216 g/mol. The molecule has 17 heavy (non-hydrogen) atoms. The van der Waals surface area contributed by atoms with Crippen LogP contribution in [-0.4, -0.2) is 28.2 Å². The number of hydrogen-bond acceptors (Lipinski definition) is 5. The second-order valence-corrected chi connectivity index (χ2v) is 4.07. The van der Waals surface area contributed by atoms with E-state index < -0.39 is 0 Å². The van der Waals surface area contributed by atoms with Crippen LogP contribution < -0.4 is 5.32 Å². The van der Waals surface area contributed by atoms with Gasteiger partial charge in [-0.25, -0.2) is 4.98 Å². The summed E-state index contributed by atoms with van der Waals surface area (Å²) in [6, 6.07) is 6.06. The van der Waals surface area contributed by atoms with Gasteiger partial charge in [-0.05, 0) is 33.0 Å². The Kier molecular flexibility index (Phi) is 3.49. The van der Waals surface area contributed by atoms with Crippen molar-refractivity contribution in [2.45, 2.75) is 26.3 Å². The first-order chi connectivity index (χ1) is 8.19. The first-order valence-corrected chi connectivity index (χ1v) is 5.63. The molecule has 1 atom stereocenters. The highest BCUT2D eigenvalue weighted by molar-refractivity contribution is 5.47. The van der Waals surface area contributed by atoms with Gasteiger partial charge in [0.2, 0.25) is 11.7 Å². The molecule has 1 unspecified atom stereocenters. The first kappa shape index (κ1) is 11.7. The summed E-state index contributed by atoms with van der Waals surface area (Å²) in [5, 5.41) is 7.07. The molecule has 1 N–H and O–H groups in total. The van der Waals surface area contributed by atoms with Gasteiger partial charge in [-0.3, -0.25) is 0 Å². The zero-order chi connectivity index (χ0) is 12.3. The van der Waals surface area contributed by atoms with E-state index in [1.165, 1.54) is 0 Å². The van der Waals surface area contributed by atoms with Gasteiger partial charge in [0.15, 0.2) is 0 Å². The molecule has 0 aliphatic carbocycles. The molecular formula is C12H16N4O. The maximum atomic E-state index is 5.19. The van der Waals surface area contributed by atoms with E-state index >= 15 is 0 Å². The minimum Gasteiger partial charge on any atom is -0.339 e. The normalized spacial score (nSPS) is 12.6. The van der Waals surface area contributed by atoms with E-state index in [9.17, 15) is 0 Å². The van der Waals surface area contributed by atoms with Crippen LogP contribution in [0.3, 0.4) is 0 Å². The van der Waals surface area contributed by atoms with E-state index in [0.717, 1.165) is 17.8 Å². The van der Waals surface area contributed by atoms with Crippen LogP contribution in [0.2, 0.25) is 0 Å². The average molecular weight is 232 g/mol. The molecule has 5 nitrogen and oxygen atoms in total. The Morgan fingerprint density at radius 2 is 2.18 bits per heavy atom. The molecule has 0 spiro atoms. The Labute approximate surface area is 100 Å². The number of aromatic nitrogens is 3. The molecule has 0 aliphatic rings. The summed E-state index contributed by atoms with van der Waals surface area (Å²) in [7, 11) is 1.91. The summed E-state index contributed by atoms with van der Waals surface area (Å²) in [5.41, 5.74) is 1.69. The molecule has 0 radical (unpaired) electrons. The van der Waals surface area contributed by atoms with Crippen molar-refractivity contribution in [3.8, 4) is 11.5 Å². The molecule has 2 heterocycles. The highest BCUT2D eigenvalue weighted by Gasteiger charge is 2.11. The molecule has 0 bridgehead atoms. The van der Waals surface area contributed by atoms with Gasteiger partial charge < -0.3 is 9.84 Å². The second kappa shape index (κ2) is 5.05. The molecule has 2 rings (SSSR count). The van der Waals surface area contributed by atoms with Gasteiger partial charge in [0.05, 0.1) is 0 Å². The largest absolute Gasteiger partial charge is 0.339 e. The van der Waals surface area contributed by atoms with E-state index in [0.29, 0.717) is 17.8 Å². The quantitative estimate of drug-likeness (QED) is 0.867. The smallest absolute Gasteiger partial charge is 0.228 e. The summed E-state index contributed by atoms with van der Waals surface area (Å²) >= 11 is 0. The monoisotopic (exact) mass is 232 g/mol. The van der Waals surface area contributed by atoms with E-state index in [-0.39, 0.29) is 0 Å². The van der Waals surface area contributed by atoms with Gasteiger partial charge in [-0.15, -0.1) is 0 Å². The van der Waals surface area contributed by atoms with Gasteiger partial charge in [0, 0.05) is 18.2 Å². The van der Waals surface area contributed by atoms with Gasteiger partial charge in [-0.2, -0.15) is 4.98 Å². The topological polar surface area (TPSA) is 63.8 Å². The van der Waals surface area contributed by atoms with Crippen molar-refractivity contribution in [1.82, 2.24) is 20.4 Å². The zero-order valence-electron chi connectivity index (χ0n) is 10.3. The lowest BCUT2D eigenvalue weighted by Crippen LogP contribution is -2.23. The molecule has 0 aliphatic heterocycles. The Bertz CT molecular complexity index is 495. The highest BCUT2D eigenvalue weighted by Crippen LogP contribution is 2.13. The lowest BCUT2D eigenvalue weighted by Gasteiger charge is -2.04. The molecule has 5 heteroatoms. The molecule has 0 aromatic carbocycles. The molecule has 2 aromatic heterocycles. The fraction of sp³-hybridized carbons (Fsp3) is 0.417. The van der Waals surface area contributed by atoms with E-state index in [1.54, 1.807) is 0 Å². The molecule has 0 saturated heterocycles. The third-order valence-corrected chi connectivity index (χ3v) is 2.56. The summed E-state index contributed by atoms with van der Waals surface area (Å²) in [6.07, 6.45) is 0.718. The van der Waals surface area contributed by atoms with Gasteiger partial charge in [0.1, 0.15) is 5.69 Å². The first-order valence-electron chi connectivity index (χ1n) is 5.63. The van der Waals surface area contributed by atoms with Crippen LogP contribution in [0.25, 0.3) is 11.5 Å². The van der Waals surface area contributed by atoms with Crippen molar-refractivity contribution < 1.29 is 4.52 Å². The van der Waals surface area contributed by atoms with E-state index in [4.69, 9.17) is 4.52 Å². The fourth-order valence-corrected chi connectivity index (χ4v) is 1.47. The number of aryl methyl sites for hydroxylation is 1. The van der Waals surface area contributed by atoms with Crippen LogP contribution >= 0.6 is 0 Å². The average Bonchev–Trinajstić information content (AvgIpc) is 2.77. The molecule has 2 aromatic rings.